The van der Waals surface area contributed by atoms with Gasteiger partial charge in [0.1, 0.15) is 11.7 Å². The molecule has 11 heteroatoms. The molecular weight excluding hydrogens is 560 g/mol. The summed E-state index contributed by atoms with van der Waals surface area (Å²) in [6.07, 6.45) is -3.89. The van der Waals surface area contributed by atoms with Crippen molar-refractivity contribution in [3.05, 3.63) is 24.8 Å². The van der Waals surface area contributed by atoms with Gasteiger partial charge in [0.2, 0.25) is 0 Å². The standard InChI is InChI=1S/C13H10F2I2O7/c14-13(15,12(22)23)11(24-9(20)2-1-8(18)19)5-3-6(16)10(21)7(17)4-5/h3-4,11,21H,1-2H2,(H,18,19)(H,22,23)/p-1. The van der Waals surface area contributed by atoms with Crippen LogP contribution in [0.1, 0.15) is 24.5 Å². The van der Waals surface area contributed by atoms with E-state index >= 15 is 0 Å². The van der Waals surface area contributed by atoms with Gasteiger partial charge in [-0.25, -0.2) is 0 Å². The Balaban J connectivity index is 3.22. The predicted octanol–water partition coefficient (Wildman–Crippen LogP) is 1.44. The van der Waals surface area contributed by atoms with Crippen LogP contribution < -0.4 is 5.11 Å². The number of ether oxygens (including phenoxy) is 1. The van der Waals surface area contributed by atoms with Crippen LogP contribution in [0.25, 0.3) is 0 Å². The number of benzene rings is 1. The zero-order valence-corrected chi connectivity index (χ0v) is 15.9. The topological polar surface area (TPSA) is 124 Å². The number of rotatable bonds is 7. The van der Waals surface area contributed by atoms with Gasteiger partial charge in [-0.1, -0.05) is 0 Å². The molecule has 0 aromatic heterocycles. The van der Waals surface area contributed by atoms with E-state index in [1.165, 1.54) is 0 Å². The van der Waals surface area contributed by atoms with Crippen molar-refractivity contribution in [3.63, 3.8) is 0 Å². The molecule has 2 N–H and O–H groups in total. The van der Waals surface area contributed by atoms with E-state index in [2.05, 4.69) is 4.74 Å². The van der Waals surface area contributed by atoms with Gasteiger partial charge in [0, 0.05) is 5.56 Å². The Morgan fingerprint density at radius 1 is 1.21 bits per heavy atom. The number of phenolic OH excluding ortho intramolecular Hbond substituents is 1. The summed E-state index contributed by atoms with van der Waals surface area (Å²) in [5, 5.41) is 28.8. The van der Waals surface area contributed by atoms with Crippen molar-refractivity contribution >= 4 is 63.1 Å². The van der Waals surface area contributed by atoms with Crippen molar-refractivity contribution in [2.24, 2.45) is 0 Å². The van der Waals surface area contributed by atoms with Crippen LogP contribution in [-0.4, -0.2) is 34.0 Å². The normalized spacial score (nSPS) is 12.5. The molecule has 1 atom stereocenters. The Morgan fingerprint density at radius 2 is 1.71 bits per heavy atom. The highest BCUT2D eigenvalue weighted by Crippen LogP contribution is 2.38. The van der Waals surface area contributed by atoms with Crippen LogP contribution in [0.15, 0.2) is 12.1 Å². The van der Waals surface area contributed by atoms with Gasteiger partial charge in [-0.15, -0.1) is 0 Å². The molecule has 0 aliphatic rings. The number of carbonyl (C=O) groups excluding carboxylic acids is 2. The zero-order chi connectivity index (χ0) is 18.7. The summed E-state index contributed by atoms with van der Waals surface area (Å²) in [7, 11) is 0. The number of alkyl halides is 2. The van der Waals surface area contributed by atoms with Crippen LogP contribution in [0.2, 0.25) is 0 Å². The maximum absolute atomic E-state index is 13.9. The molecular formula is C13H9F2I2O7-. The summed E-state index contributed by atoms with van der Waals surface area (Å²) in [5.74, 6) is -10.2. The Bertz CT molecular complexity index is 655. The minimum Gasteiger partial charge on any atom is -0.544 e. The van der Waals surface area contributed by atoms with Gasteiger partial charge in [0.25, 0.3) is 0 Å². The van der Waals surface area contributed by atoms with E-state index in [-0.39, 0.29) is 18.5 Å². The first-order chi connectivity index (χ1) is 11.0. The maximum Gasteiger partial charge on any atom is 0.327 e. The third kappa shape index (κ3) is 5.12. The van der Waals surface area contributed by atoms with Gasteiger partial charge < -0.3 is 24.9 Å². The molecule has 0 radical (unpaired) electrons. The van der Waals surface area contributed by atoms with Crippen molar-refractivity contribution in [1.29, 1.82) is 0 Å². The highest BCUT2D eigenvalue weighted by atomic mass is 127. The molecule has 0 aliphatic carbocycles. The third-order valence-corrected chi connectivity index (χ3v) is 4.38. The highest BCUT2D eigenvalue weighted by molar-refractivity contribution is 14.1. The largest absolute Gasteiger partial charge is 0.544 e. The van der Waals surface area contributed by atoms with Gasteiger partial charge in [-0.05, 0) is 57.3 Å². The minimum atomic E-state index is -4.55. The first kappa shape index (κ1) is 20.8. The fraction of sp³-hybridized carbons (Fsp3) is 0.308. The van der Waals surface area contributed by atoms with Crippen molar-refractivity contribution in [3.8, 4) is 5.75 Å². The zero-order valence-electron chi connectivity index (χ0n) is 11.6. The summed E-state index contributed by atoms with van der Waals surface area (Å²) in [6, 6.07) is 2.06. The summed E-state index contributed by atoms with van der Waals surface area (Å²) >= 11 is 3.27. The highest BCUT2D eigenvalue weighted by Gasteiger charge is 2.45. The van der Waals surface area contributed by atoms with E-state index in [0.29, 0.717) is 0 Å². The van der Waals surface area contributed by atoms with Gasteiger partial charge >= 0.3 is 17.9 Å². The molecule has 24 heavy (non-hydrogen) atoms. The molecule has 0 saturated heterocycles. The molecule has 132 valence electrons. The van der Waals surface area contributed by atoms with Crippen LogP contribution in [0.5, 0.6) is 5.75 Å². The number of aromatic hydroxyl groups is 1. The number of phenols is 1. The summed E-state index contributed by atoms with van der Waals surface area (Å²) in [4.78, 5) is 32.7. The molecule has 0 saturated carbocycles. The molecule has 1 unspecified atom stereocenters. The fourth-order valence-corrected chi connectivity index (χ4v) is 3.41. The lowest BCUT2D eigenvalue weighted by molar-refractivity contribution is -0.337. The monoisotopic (exact) mass is 569 g/mol. The van der Waals surface area contributed by atoms with Crippen molar-refractivity contribution in [2.45, 2.75) is 24.9 Å². The molecule has 1 aromatic carbocycles. The summed E-state index contributed by atoms with van der Waals surface area (Å²) in [6.45, 7) is 0. The molecule has 0 spiro atoms. The second-order valence-electron chi connectivity index (χ2n) is 4.51. The number of halogens is 4. The van der Waals surface area contributed by atoms with E-state index < -0.39 is 42.8 Å². The summed E-state index contributed by atoms with van der Waals surface area (Å²) in [5.41, 5.74) is -0.375. The van der Waals surface area contributed by atoms with Crippen LogP contribution in [0, 0.1) is 7.14 Å². The van der Waals surface area contributed by atoms with Crippen molar-refractivity contribution in [2.75, 3.05) is 0 Å². The molecule has 1 rings (SSSR count). The molecule has 0 bridgehead atoms. The molecule has 0 aliphatic heterocycles. The summed E-state index contributed by atoms with van der Waals surface area (Å²) < 4.78 is 32.6. The van der Waals surface area contributed by atoms with E-state index in [1.54, 1.807) is 45.2 Å². The molecule has 0 heterocycles. The maximum atomic E-state index is 13.9. The minimum absolute atomic E-state index is 0.134. The number of hydrogen-bond acceptors (Lipinski definition) is 6. The number of aliphatic carboxylic acids is 2. The average molecular weight is 569 g/mol. The van der Waals surface area contributed by atoms with Gasteiger partial charge in [-0.3, -0.25) is 9.59 Å². The van der Waals surface area contributed by atoms with Crippen LogP contribution in [0.4, 0.5) is 8.78 Å². The fourth-order valence-electron chi connectivity index (χ4n) is 1.59. The lowest BCUT2D eigenvalue weighted by Crippen LogP contribution is -2.47. The second-order valence-corrected chi connectivity index (χ2v) is 6.83. The Kier molecular flexibility index (Phi) is 7.12. The van der Waals surface area contributed by atoms with Gasteiger partial charge in [0.15, 0.2) is 6.10 Å². The molecule has 0 fully saturated rings. The first-order valence-corrected chi connectivity index (χ1v) is 8.31. The van der Waals surface area contributed by atoms with Gasteiger partial charge in [0.05, 0.1) is 20.0 Å². The lowest BCUT2D eigenvalue weighted by Gasteiger charge is -2.28. The number of hydrogen-bond donors (Lipinski definition) is 2. The van der Waals surface area contributed by atoms with Gasteiger partial charge in [-0.2, -0.15) is 8.78 Å². The molecule has 0 amide bonds. The number of carboxylic acids is 2. The SMILES string of the molecule is O=C(O)CCC(=O)OC(c1cc(I)c(O)c(I)c1)C(F)(F)C(=O)[O-]. The van der Waals surface area contributed by atoms with E-state index in [9.17, 15) is 33.4 Å². The van der Waals surface area contributed by atoms with E-state index in [1.807, 2.05) is 0 Å². The first-order valence-electron chi connectivity index (χ1n) is 6.15. The third-order valence-electron chi connectivity index (χ3n) is 2.74. The van der Waals surface area contributed by atoms with Crippen LogP contribution in [0.3, 0.4) is 0 Å². The van der Waals surface area contributed by atoms with E-state index in [0.717, 1.165) is 12.1 Å². The number of carbonyl (C=O) groups is 3. The van der Waals surface area contributed by atoms with Crippen LogP contribution >= 0.6 is 45.2 Å². The van der Waals surface area contributed by atoms with E-state index in [4.69, 9.17) is 5.11 Å². The predicted molar refractivity (Wildman–Crippen MR) is 89.2 cm³/mol. The quantitative estimate of drug-likeness (QED) is 0.377. The lowest BCUT2D eigenvalue weighted by atomic mass is 10.0. The number of esters is 1. The van der Waals surface area contributed by atoms with Crippen molar-refractivity contribution in [1.82, 2.24) is 0 Å². The second kappa shape index (κ2) is 8.22. The molecule has 7 nitrogen and oxygen atoms in total. The number of carboxylic acid groups (broad SMARTS) is 2. The average Bonchev–Trinajstić information content (AvgIpc) is 2.47. The van der Waals surface area contributed by atoms with Crippen molar-refractivity contribution < 1.29 is 43.2 Å². The molecule has 1 aromatic rings. The smallest absolute Gasteiger partial charge is 0.327 e. The Hall–Kier alpha value is -1.25. The Morgan fingerprint density at radius 3 is 2.12 bits per heavy atom. The Labute approximate surface area is 161 Å². The van der Waals surface area contributed by atoms with Crippen LogP contribution in [-0.2, 0) is 19.1 Å².